The van der Waals surface area contributed by atoms with Crippen LogP contribution in [0.2, 0.25) is 0 Å². The summed E-state index contributed by atoms with van der Waals surface area (Å²) < 4.78 is 29.0. The number of anilines is 1. The zero-order chi connectivity index (χ0) is 26.5. The summed E-state index contributed by atoms with van der Waals surface area (Å²) in [6, 6.07) is 10.1. The minimum Gasteiger partial charge on any atom is -0.383 e. The van der Waals surface area contributed by atoms with Crippen molar-refractivity contribution in [2.24, 2.45) is 0 Å². The third-order valence-corrected chi connectivity index (χ3v) is 6.42. The quantitative estimate of drug-likeness (QED) is 0.329. The van der Waals surface area contributed by atoms with Crippen LogP contribution in [0.25, 0.3) is 10.8 Å². The van der Waals surface area contributed by atoms with E-state index < -0.39 is 23.6 Å². The van der Waals surface area contributed by atoms with E-state index in [1.165, 1.54) is 12.3 Å². The third kappa shape index (κ3) is 5.99. The first-order valence-electron chi connectivity index (χ1n) is 12.2. The molecular weight excluding hydrogens is 476 g/mol. The molecule has 2 heterocycles. The number of rotatable bonds is 10. The number of amides is 1. The Bertz CT molecular complexity index is 1450. The van der Waals surface area contributed by atoms with Gasteiger partial charge in [-0.25, -0.2) is 13.8 Å². The molecule has 0 fully saturated rings. The fourth-order valence-corrected chi connectivity index (χ4v) is 4.34. The summed E-state index contributed by atoms with van der Waals surface area (Å²) in [5.41, 5.74) is 8.33. The number of Topliss-reactive ketones (excluding diaryl/α,β-unsaturated/α-hetero) is 1. The lowest BCUT2D eigenvalue weighted by atomic mass is 9.96. The summed E-state index contributed by atoms with van der Waals surface area (Å²) in [6.45, 7) is 4.48. The van der Waals surface area contributed by atoms with Gasteiger partial charge in [0.1, 0.15) is 5.82 Å². The largest absolute Gasteiger partial charge is 0.383 e. The minimum absolute atomic E-state index is 0.0316. The summed E-state index contributed by atoms with van der Waals surface area (Å²) >= 11 is 0. The lowest BCUT2D eigenvalue weighted by Crippen LogP contribution is -2.42. The van der Waals surface area contributed by atoms with Crippen molar-refractivity contribution in [1.29, 1.82) is 0 Å². The molecular formula is C28H29F2N5O2. The Morgan fingerprint density at radius 2 is 1.86 bits per heavy atom. The second kappa shape index (κ2) is 11.3. The number of aryl methyl sites for hydroxylation is 2. The number of nitrogens with two attached hydrogens (primary N) is 1. The van der Waals surface area contributed by atoms with Crippen molar-refractivity contribution in [1.82, 2.24) is 20.1 Å². The normalized spacial score (nSPS) is 12.0. The average molecular weight is 506 g/mol. The number of carbonyl (C=O) groups is 2. The molecule has 0 unspecified atom stereocenters. The zero-order valence-electron chi connectivity index (χ0n) is 20.8. The van der Waals surface area contributed by atoms with Crippen LogP contribution < -0.4 is 11.1 Å². The molecule has 3 N–H and O–H groups in total. The van der Waals surface area contributed by atoms with Crippen molar-refractivity contribution < 1.29 is 18.4 Å². The Hall–Kier alpha value is -4.14. The Morgan fingerprint density at radius 3 is 2.62 bits per heavy atom. The van der Waals surface area contributed by atoms with E-state index in [1.807, 2.05) is 31.2 Å². The molecule has 2 aromatic heterocycles. The monoisotopic (exact) mass is 505 g/mol. The number of nitrogens with zero attached hydrogens (tertiary/aromatic N) is 3. The van der Waals surface area contributed by atoms with Gasteiger partial charge < -0.3 is 11.1 Å². The molecule has 0 saturated carbocycles. The van der Waals surface area contributed by atoms with Crippen molar-refractivity contribution >= 4 is 28.3 Å². The van der Waals surface area contributed by atoms with Crippen LogP contribution in [-0.2, 0) is 24.2 Å². The number of carbonyl (C=O) groups excluding carboxylic acids is 2. The van der Waals surface area contributed by atoms with Gasteiger partial charge in [-0.15, -0.1) is 0 Å². The van der Waals surface area contributed by atoms with Crippen LogP contribution in [0.5, 0.6) is 0 Å². The Balaban J connectivity index is 1.53. The van der Waals surface area contributed by atoms with Crippen LogP contribution in [0, 0.1) is 18.6 Å². The van der Waals surface area contributed by atoms with Crippen molar-refractivity contribution in [3.05, 3.63) is 88.9 Å². The highest BCUT2D eigenvalue weighted by atomic mass is 19.2. The highest BCUT2D eigenvalue weighted by molar-refractivity contribution is 5.98. The maximum Gasteiger partial charge on any atom is 0.255 e. The molecule has 192 valence electrons. The third-order valence-electron chi connectivity index (χ3n) is 6.42. The fraction of sp³-hybridized carbons (Fsp3) is 0.286. The summed E-state index contributed by atoms with van der Waals surface area (Å²) in [6.07, 6.45) is 4.59. The van der Waals surface area contributed by atoms with Crippen molar-refractivity contribution in [3.8, 4) is 0 Å². The maximum absolute atomic E-state index is 13.8. The first-order valence-corrected chi connectivity index (χ1v) is 12.2. The standard InChI is InChI=1S/C28H29F2N5O2/c1-3-12-35-17(2)22(16-33-35)28(37)34-25(15-19-5-8-23(29)24(30)14-19)26(36)9-6-18-4-7-21-20(13-18)10-11-32-27(21)31/h4-5,7-8,10-11,13-14,16,25H,3,6,9,12,15H2,1-2H3,(H2,31,32)(H,34,37)/t25-/m0/s1. The second-order valence-electron chi connectivity index (χ2n) is 9.06. The summed E-state index contributed by atoms with van der Waals surface area (Å²) in [5, 5.41) is 8.81. The molecule has 37 heavy (non-hydrogen) atoms. The Labute approximate surface area is 213 Å². The van der Waals surface area contributed by atoms with Crippen LogP contribution in [0.1, 0.15) is 46.9 Å². The smallest absolute Gasteiger partial charge is 0.255 e. The van der Waals surface area contributed by atoms with E-state index in [1.54, 1.807) is 17.8 Å². The van der Waals surface area contributed by atoms with Gasteiger partial charge in [-0.3, -0.25) is 14.3 Å². The van der Waals surface area contributed by atoms with Crippen LogP contribution in [0.15, 0.2) is 54.9 Å². The summed E-state index contributed by atoms with van der Waals surface area (Å²) in [5.74, 6) is -2.19. The van der Waals surface area contributed by atoms with E-state index in [4.69, 9.17) is 5.73 Å². The minimum atomic E-state index is -1.00. The molecule has 0 aliphatic rings. The highest BCUT2D eigenvalue weighted by Crippen LogP contribution is 2.21. The van der Waals surface area contributed by atoms with E-state index >= 15 is 0 Å². The first-order chi connectivity index (χ1) is 17.8. The van der Waals surface area contributed by atoms with Gasteiger partial charge in [0.25, 0.3) is 5.91 Å². The predicted octanol–water partition coefficient (Wildman–Crippen LogP) is 4.55. The molecule has 7 nitrogen and oxygen atoms in total. The Kier molecular flexibility index (Phi) is 7.91. The number of ketones is 1. The van der Waals surface area contributed by atoms with Gasteiger partial charge in [0.05, 0.1) is 17.8 Å². The Morgan fingerprint density at radius 1 is 1.08 bits per heavy atom. The number of halogens is 2. The van der Waals surface area contributed by atoms with Crippen molar-refractivity contribution in [3.63, 3.8) is 0 Å². The lowest BCUT2D eigenvalue weighted by molar-refractivity contribution is -0.120. The number of aromatic nitrogens is 3. The first kappa shape index (κ1) is 25.9. The molecule has 0 spiro atoms. The van der Waals surface area contributed by atoms with Gasteiger partial charge in [-0.1, -0.05) is 31.2 Å². The van der Waals surface area contributed by atoms with Crippen LogP contribution in [0.3, 0.4) is 0 Å². The highest BCUT2D eigenvalue weighted by Gasteiger charge is 2.24. The molecule has 0 saturated heterocycles. The van der Waals surface area contributed by atoms with Gasteiger partial charge in [-0.05, 0) is 60.9 Å². The maximum atomic E-state index is 13.8. The number of hydrogen-bond donors (Lipinski definition) is 2. The van der Waals surface area contributed by atoms with E-state index in [2.05, 4.69) is 15.4 Å². The lowest BCUT2D eigenvalue weighted by Gasteiger charge is -2.18. The molecule has 4 aromatic rings. The van der Waals surface area contributed by atoms with Gasteiger partial charge in [0.2, 0.25) is 0 Å². The topological polar surface area (TPSA) is 103 Å². The fourth-order valence-electron chi connectivity index (χ4n) is 4.34. The number of pyridine rings is 1. The number of nitrogen functional groups attached to an aromatic ring is 1. The van der Waals surface area contributed by atoms with Gasteiger partial charge >= 0.3 is 0 Å². The molecule has 0 aliphatic heterocycles. The van der Waals surface area contributed by atoms with Crippen molar-refractivity contribution in [2.45, 2.75) is 52.1 Å². The van der Waals surface area contributed by atoms with Crippen LogP contribution in [0.4, 0.5) is 14.6 Å². The van der Waals surface area contributed by atoms with E-state index in [0.717, 1.165) is 34.9 Å². The number of benzene rings is 2. The molecule has 0 bridgehead atoms. The molecule has 4 rings (SSSR count). The van der Waals surface area contributed by atoms with E-state index in [9.17, 15) is 18.4 Å². The van der Waals surface area contributed by atoms with Crippen LogP contribution >= 0.6 is 0 Å². The molecule has 2 aromatic carbocycles. The number of fused-ring (bicyclic) bond motifs is 1. The van der Waals surface area contributed by atoms with Crippen LogP contribution in [-0.4, -0.2) is 32.5 Å². The molecule has 9 heteroatoms. The number of hydrogen-bond acceptors (Lipinski definition) is 5. The number of nitrogens with one attached hydrogen (secondary N) is 1. The molecule has 0 aliphatic carbocycles. The van der Waals surface area contributed by atoms with Gasteiger partial charge in [0.15, 0.2) is 17.4 Å². The predicted molar refractivity (Wildman–Crippen MR) is 138 cm³/mol. The van der Waals surface area contributed by atoms with Gasteiger partial charge in [0, 0.05) is 30.2 Å². The van der Waals surface area contributed by atoms with Gasteiger partial charge in [-0.2, -0.15) is 5.10 Å². The van der Waals surface area contributed by atoms with Crippen molar-refractivity contribution in [2.75, 3.05) is 5.73 Å². The van der Waals surface area contributed by atoms with E-state index in [-0.39, 0.29) is 18.6 Å². The summed E-state index contributed by atoms with van der Waals surface area (Å²) in [7, 11) is 0. The molecule has 0 radical (unpaired) electrons. The average Bonchev–Trinajstić information content (AvgIpc) is 3.24. The molecule has 1 atom stereocenters. The van der Waals surface area contributed by atoms with E-state index in [0.29, 0.717) is 35.6 Å². The molecule has 1 amide bonds. The summed E-state index contributed by atoms with van der Waals surface area (Å²) in [4.78, 5) is 30.5. The second-order valence-corrected chi connectivity index (χ2v) is 9.06. The SMILES string of the molecule is CCCn1ncc(C(=O)N[C@@H](Cc2ccc(F)c(F)c2)C(=O)CCc2ccc3c(N)nccc3c2)c1C. The zero-order valence-corrected chi connectivity index (χ0v) is 20.8.